The molecule has 0 aliphatic rings. The van der Waals surface area contributed by atoms with E-state index in [0.29, 0.717) is 0 Å². The molecule has 0 bridgehead atoms. The minimum atomic E-state index is -2.02. The van der Waals surface area contributed by atoms with Gasteiger partial charge in [-0.2, -0.15) is 0 Å². The van der Waals surface area contributed by atoms with Crippen molar-refractivity contribution < 1.29 is 23.9 Å². The van der Waals surface area contributed by atoms with Gasteiger partial charge >= 0.3 is 0 Å². The third kappa shape index (κ3) is 5.53. The number of ether oxygens (including phenoxy) is 2. The molecule has 110 valence electrons. The monoisotopic (exact) mass is 338 g/mol. The number of ketones is 3. The number of carbonyl (C=O) groups is 3. The molecule has 0 aromatic heterocycles. The first-order valence-electron chi connectivity index (χ1n) is 5.99. The number of hydrogen-bond donors (Lipinski definition) is 0. The average Bonchev–Trinajstić information content (AvgIpc) is 2.20. The third-order valence-corrected chi connectivity index (χ3v) is 2.34. The van der Waals surface area contributed by atoms with Gasteiger partial charge in [-0.3, -0.25) is 14.4 Å². The van der Waals surface area contributed by atoms with Crippen molar-refractivity contribution in [1.29, 1.82) is 0 Å². The smallest absolute Gasteiger partial charge is 0.244 e. The molecule has 0 amide bonds. The normalized spacial score (nSPS) is 11.4. The Bertz CT molecular complexity index is 322. The van der Waals surface area contributed by atoms with Gasteiger partial charge in [0.1, 0.15) is 6.61 Å². The molecule has 0 heterocycles. The maximum absolute atomic E-state index is 12.1. The zero-order chi connectivity index (χ0) is 14.5. The second-order valence-corrected chi connectivity index (χ2v) is 4.74. The molecule has 0 aromatic rings. The fourth-order valence-electron chi connectivity index (χ4n) is 1.57. The van der Waals surface area contributed by atoms with Crippen LogP contribution in [0.5, 0.6) is 0 Å². The Hall–Kier alpha value is -0.551. The summed E-state index contributed by atoms with van der Waals surface area (Å²) in [5, 5.41) is 0. The zero-order valence-electron chi connectivity index (χ0n) is 12.3. The predicted molar refractivity (Wildman–Crippen MR) is 72.2 cm³/mol. The summed E-state index contributed by atoms with van der Waals surface area (Å²) < 4.78 is 10.5. The standard InChI is InChI=1S/C13H22O5.Se/c1-8(2)17-7-12(16)13(10(5)14,11(6)15)18-9(3)4;/h8-9H,7H2,1-6H3;. The maximum Gasteiger partial charge on any atom is 0.244 e. The van der Waals surface area contributed by atoms with Crippen molar-refractivity contribution in [3.8, 4) is 0 Å². The Balaban J connectivity index is 0. The van der Waals surface area contributed by atoms with Crippen molar-refractivity contribution >= 4 is 34.4 Å². The summed E-state index contributed by atoms with van der Waals surface area (Å²) in [6.45, 7) is 8.89. The minimum absolute atomic E-state index is 0. The summed E-state index contributed by atoms with van der Waals surface area (Å²) in [5.41, 5.74) is -2.02. The first-order valence-corrected chi connectivity index (χ1v) is 5.99. The van der Waals surface area contributed by atoms with Crippen LogP contribution in [0.2, 0.25) is 0 Å². The molecule has 2 radical (unpaired) electrons. The van der Waals surface area contributed by atoms with Crippen molar-refractivity contribution in [2.45, 2.75) is 59.4 Å². The number of hydrogen-bond acceptors (Lipinski definition) is 5. The van der Waals surface area contributed by atoms with Gasteiger partial charge in [0.2, 0.25) is 11.4 Å². The van der Waals surface area contributed by atoms with Crippen molar-refractivity contribution in [3.05, 3.63) is 0 Å². The van der Waals surface area contributed by atoms with Gasteiger partial charge in [-0.05, 0) is 41.5 Å². The van der Waals surface area contributed by atoms with Crippen LogP contribution in [0.3, 0.4) is 0 Å². The topological polar surface area (TPSA) is 69.7 Å². The fourth-order valence-corrected chi connectivity index (χ4v) is 1.57. The van der Waals surface area contributed by atoms with Gasteiger partial charge < -0.3 is 9.47 Å². The van der Waals surface area contributed by atoms with E-state index in [9.17, 15) is 14.4 Å². The second-order valence-electron chi connectivity index (χ2n) is 4.74. The third-order valence-electron chi connectivity index (χ3n) is 2.34. The Morgan fingerprint density at radius 1 is 0.947 bits per heavy atom. The minimum Gasteiger partial charge on any atom is -0.371 e. The van der Waals surface area contributed by atoms with E-state index >= 15 is 0 Å². The van der Waals surface area contributed by atoms with Gasteiger partial charge in [0, 0.05) is 17.1 Å². The van der Waals surface area contributed by atoms with E-state index in [0.717, 1.165) is 0 Å². The Labute approximate surface area is 124 Å². The van der Waals surface area contributed by atoms with Gasteiger partial charge in [0.15, 0.2) is 11.6 Å². The largest absolute Gasteiger partial charge is 0.371 e. The van der Waals surface area contributed by atoms with Crippen molar-refractivity contribution in [1.82, 2.24) is 0 Å². The summed E-state index contributed by atoms with van der Waals surface area (Å²) in [5.74, 6) is -1.87. The van der Waals surface area contributed by atoms with E-state index in [1.807, 2.05) is 0 Å². The van der Waals surface area contributed by atoms with Gasteiger partial charge in [0.05, 0.1) is 12.2 Å². The van der Waals surface area contributed by atoms with Crippen molar-refractivity contribution in [3.63, 3.8) is 0 Å². The quantitative estimate of drug-likeness (QED) is 0.487. The molecule has 0 rings (SSSR count). The molecule has 0 fully saturated rings. The van der Waals surface area contributed by atoms with Crippen LogP contribution in [0.1, 0.15) is 41.5 Å². The first-order chi connectivity index (χ1) is 8.14. The molecule has 0 aliphatic heterocycles. The van der Waals surface area contributed by atoms with Crippen LogP contribution in [0.25, 0.3) is 0 Å². The fraction of sp³-hybridized carbons (Fsp3) is 0.769. The average molecular weight is 337 g/mol. The van der Waals surface area contributed by atoms with Gasteiger partial charge in [-0.25, -0.2) is 0 Å². The van der Waals surface area contributed by atoms with E-state index in [-0.39, 0.29) is 29.8 Å². The molecule has 0 aliphatic carbocycles. The van der Waals surface area contributed by atoms with E-state index in [1.165, 1.54) is 13.8 Å². The van der Waals surface area contributed by atoms with E-state index in [2.05, 4.69) is 0 Å². The molecule has 5 nitrogen and oxygen atoms in total. The molecule has 19 heavy (non-hydrogen) atoms. The first kappa shape index (κ1) is 20.8. The van der Waals surface area contributed by atoms with E-state index < -0.39 is 29.1 Å². The Morgan fingerprint density at radius 2 is 1.37 bits per heavy atom. The van der Waals surface area contributed by atoms with Gasteiger partial charge in [0.25, 0.3) is 0 Å². The molecule has 0 atom stereocenters. The summed E-state index contributed by atoms with van der Waals surface area (Å²) in [7, 11) is 0. The van der Waals surface area contributed by atoms with Crippen LogP contribution in [-0.2, 0) is 23.9 Å². The van der Waals surface area contributed by atoms with Crippen LogP contribution in [0, 0.1) is 0 Å². The van der Waals surface area contributed by atoms with E-state index in [4.69, 9.17) is 9.47 Å². The molecule has 0 saturated carbocycles. The van der Waals surface area contributed by atoms with Crippen LogP contribution in [-0.4, -0.2) is 58.8 Å². The number of rotatable bonds is 8. The summed E-state index contributed by atoms with van der Waals surface area (Å²) in [6, 6.07) is 0. The number of Topliss-reactive ketones (excluding diaryl/α,β-unsaturated/α-hetero) is 3. The Kier molecular flexibility index (Phi) is 9.38. The van der Waals surface area contributed by atoms with Gasteiger partial charge in [-0.15, -0.1) is 0 Å². The van der Waals surface area contributed by atoms with E-state index in [1.54, 1.807) is 27.7 Å². The number of carbonyl (C=O) groups excluding carboxylic acids is 3. The molecule has 6 heteroatoms. The molecule has 0 unspecified atom stereocenters. The van der Waals surface area contributed by atoms with Gasteiger partial charge in [-0.1, -0.05) is 0 Å². The molecule has 0 N–H and O–H groups in total. The van der Waals surface area contributed by atoms with Crippen LogP contribution in [0.4, 0.5) is 0 Å². The summed E-state index contributed by atoms with van der Waals surface area (Å²) >= 11 is 0. The second kappa shape index (κ2) is 8.59. The SMILES string of the molecule is CC(=O)C(OC(C)C)(C(C)=O)C(=O)COC(C)C.[Se]. The maximum atomic E-state index is 12.1. The summed E-state index contributed by atoms with van der Waals surface area (Å²) in [4.78, 5) is 35.5. The Morgan fingerprint density at radius 3 is 1.63 bits per heavy atom. The predicted octanol–water partition coefficient (Wildman–Crippen LogP) is 0.941. The summed E-state index contributed by atoms with van der Waals surface area (Å²) in [6.07, 6.45) is -0.578. The molecule has 0 spiro atoms. The molecule has 0 saturated heterocycles. The van der Waals surface area contributed by atoms with Crippen molar-refractivity contribution in [2.24, 2.45) is 0 Å². The molecule has 0 aromatic carbocycles. The van der Waals surface area contributed by atoms with Crippen LogP contribution >= 0.6 is 0 Å². The van der Waals surface area contributed by atoms with Crippen LogP contribution in [0.15, 0.2) is 0 Å². The zero-order valence-corrected chi connectivity index (χ0v) is 14.0. The molecular weight excluding hydrogens is 315 g/mol. The van der Waals surface area contributed by atoms with Crippen molar-refractivity contribution in [2.75, 3.05) is 6.61 Å². The molecular formula is C13H22O5Se. The van der Waals surface area contributed by atoms with Crippen LogP contribution < -0.4 is 0 Å².